The van der Waals surface area contributed by atoms with Crippen LogP contribution in [0.3, 0.4) is 0 Å². The van der Waals surface area contributed by atoms with E-state index in [1.54, 1.807) is 12.1 Å². The Kier molecular flexibility index (Phi) is 5.56. The van der Waals surface area contributed by atoms with Crippen LogP contribution in [0, 0.1) is 16.0 Å². The molecule has 2 fully saturated rings. The minimum Gasteiger partial charge on any atom is -0.366 e. The number of rotatable bonds is 3. The standard InChI is InChI=1S/C19H27N3O3/c1-15-8-12-20(13-9-15)17-7-6-16(14-18(17)22(24)25)19(23)21-10-4-2-3-5-11-21/h6-7,14-15H,2-5,8-13H2,1H3. The lowest BCUT2D eigenvalue weighted by Crippen LogP contribution is -2.34. The van der Waals surface area contributed by atoms with Crippen LogP contribution in [-0.2, 0) is 0 Å². The highest BCUT2D eigenvalue weighted by Gasteiger charge is 2.26. The van der Waals surface area contributed by atoms with Gasteiger partial charge in [0.15, 0.2) is 0 Å². The molecule has 0 radical (unpaired) electrons. The Morgan fingerprint density at radius 2 is 1.72 bits per heavy atom. The first-order valence-corrected chi connectivity index (χ1v) is 9.39. The molecule has 2 saturated heterocycles. The maximum atomic E-state index is 12.7. The van der Waals surface area contributed by atoms with Crippen LogP contribution < -0.4 is 4.90 Å². The number of amides is 1. The molecule has 0 saturated carbocycles. The smallest absolute Gasteiger partial charge is 0.293 e. The fourth-order valence-corrected chi connectivity index (χ4v) is 3.78. The van der Waals surface area contributed by atoms with E-state index in [9.17, 15) is 14.9 Å². The molecule has 25 heavy (non-hydrogen) atoms. The van der Waals surface area contributed by atoms with E-state index in [2.05, 4.69) is 11.8 Å². The Bertz CT molecular complexity index is 631. The Morgan fingerprint density at radius 3 is 2.32 bits per heavy atom. The number of benzene rings is 1. The molecule has 0 aliphatic carbocycles. The molecular weight excluding hydrogens is 318 g/mol. The summed E-state index contributed by atoms with van der Waals surface area (Å²) in [6.45, 7) is 5.38. The predicted octanol–water partition coefficient (Wildman–Crippen LogP) is 3.85. The fourth-order valence-electron chi connectivity index (χ4n) is 3.78. The van der Waals surface area contributed by atoms with Crippen molar-refractivity contribution in [2.45, 2.75) is 45.4 Å². The minimum atomic E-state index is -0.355. The van der Waals surface area contributed by atoms with Crippen molar-refractivity contribution in [3.05, 3.63) is 33.9 Å². The summed E-state index contributed by atoms with van der Waals surface area (Å²) in [4.78, 5) is 27.9. The van der Waals surface area contributed by atoms with Crippen molar-refractivity contribution in [2.75, 3.05) is 31.1 Å². The van der Waals surface area contributed by atoms with E-state index in [4.69, 9.17) is 0 Å². The highest BCUT2D eigenvalue weighted by Crippen LogP contribution is 2.32. The number of carbonyl (C=O) groups excluding carboxylic acids is 1. The zero-order valence-electron chi connectivity index (χ0n) is 14.9. The maximum absolute atomic E-state index is 12.7. The van der Waals surface area contributed by atoms with Gasteiger partial charge in [0.05, 0.1) is 4.92 Å². The third-order valence-electron chi connectivity index (χ3n) is 5.44. The van der Waals surface area contributed by atoms with Gasteiger partial charge >= 0.3 is 0 Å². The van der Waals surface area contributed by atoms with Crippen LogP contribution in [-0.4, -0.2) is 41.9 Å². The lowest BCUT2D eigenvalue weighted by Gasteiger charge is -2.31. The number of nitro benzene ring substituents is 1. The number of nitro groups is 1. The Hall–Kier alpha value is -2.11. The molecule has 6 heteroatoms. The molecule has 0 unspecified atom stereocenters. The second-order valence-electron chi connectivity index (χ2n) is 7.34. The van der Waals surface area contributed by atoms with E-state index < -0.39 is 0 Å². The minimum absolute atomic E-state index is 0.0511. The number of carbonyl (C=O) groups is 1. The van der Waals surface area contributed by atoms with Crippen molar-refractivity contribution >= 4 is 17.3 Å². The first-order chi connectivity index (χ1) is 12.1. The Balaban J connectivity index is 1.83. The van der Waals surface area contributed by atoms with Crippen LogP contribution in [0.25, 0.3) is 0 Å². The van der Waals surface area contributed by atoms with Gasteiger partial charge in [0.2, 0.25) is 0 Å². The number of nitrogens with zero attached hydrogens (tertiary/aromatic N) is 3. The number of hydrogen-bond acceptors (Lipinski definition) is 4. The van der Waals surface area contributed by atoms with Crippen LogP contribution >= 0.6 is 0 Å². The van der Waals surface area contributed by atoms with E-state index in [1.165, 1.54) is 6.07 Å². The number of anilines is 1. The van der Waals surface area contributed by atoms with Gasteiger partial charge in [-0.2, -0.15) is 0 Å². The normalized spacial score (nSPS) is 19.6. The lowest BCUT2D eigenvalue weighted by atomic mass is 9.98. The van der Waals surface area contributed by atoms with E-state index in [0.717, 1.165) is 64.7 Å². The SMILES string of the molecule is CC1CCN(c2ccc(C(=O)N3CCCCCC3)cc2[N+](=O)[O-])CC1. The molecule has 1 aromatic rings. The van der Waals surface area contributed by atoms with Crippen molar-refractivity contribution in [3.63, 3.8) is 0 Å². The fraction of sp³-hybridized carbons (Fsp3) is 0.632. The highest BCUT2D eigenvalue weighted by atomic mass is 16.6. The molecule has 1 amide bonds. The molecule has 0 atom stereocenters. The zero-order chi connectivity index (χ0) is 17.8. The third kappa shape index (κ3) is 4.11. The highest BCUT2D eigenvalue weighted by molar-refractivity contribution is 5.95. The summed E-state index contributed by atoms with van der Waals surface area (Å²) >= 11 is 0. The molecule has 136 valence electrons. The zero-order valence-corrected chi connectivity index (χ0v) is 14.9. The van der Waals surface area contributed by atoms with Crippen LogP contribution in [0.1, 0.15) is 55.8 Å². The molecule has 0 bridgehead atoms. The van der Waals surface area contributed by atoms with Gasteiger partial charge in [0.25, 0.3) is 11.6 Å². The summed E-state index contributed by atoms with van der Waals surface area (Å²) in [5.74, 6) is 0.586. The summed E-state index contributed by atoms with van der Waals surface area (Å²) in [5, 5.41) is 11.6. The monoisotopic (exact) mass is 345 g/mol. The summed E-state index contributed by atoms with van der Waals surface area (Å²) in [7, 11) is 0. The van der Waals surface area contributed by atoms with Gasteiger partial charge in [-0.05, 0) is 43.7 Å². The van der Waals surface area contributed by atoms with E-state index in [1.807, 2.05) is 4.90 Å². The average molecular weight is 345 g/mol. The van der Waals surface area contributed by atoms with Crippen molar-refractivity contribution in [3.8, 4) is 0 Å². The van der Waals surface area contributed by atoms with Crippen molar-refractivity contribution < 1.29 is 9.72 Å². The largest absolute Gasteiger partial charge is 0.366 e. The summed E-state index contributed by atoms with van der Waals surface area (Å²) < 4.78 is 0. The van der Waals surface area contributed by atoms with Gasteiger partial charge < -0.3 is 9.80 Å². The molecule has 2 heterocycles. The van der Waals surface area contributed by atoms with Crippen molar-refractivity contribution in [2.24, 2.45) is 5.92 Å². The molecule has 0 aromatic heterocycles. The molecule has 2 aliphatic heterocycles. The molecule has 6 nitrogen and oxygen atoms in total. The first kappa shape index (κ1) is 17.7. The van der Waals surface area contributed by atoms with E-state index in [-0.39, 0.29) is 16.5 Å². The summed E-state index contributed by atoms with van der Waals surface area (Å²) in [6, 6.07) is 4.99. The predicted molar refractivity (Wildman–Crippen MR) is 98.1 cm³/mol. The van der Waals surface area contributed by atoms with Gasteiger partial charge in [-0.1, -0.05) is 19.8 Å². The number of likely N-dealkylation sites (tertiary alicyclic amines) is 1. The molecule has 2 aliphatic rings. The quantitative estimate of drug-likeness (QED) is 0.616. The second-order valence-corrected chi connectivity index (χ2v) is 7.34. The van der Waals surface area contributed by atoms with Crippen molar-refractivity contribution in [1.82, 2.24) is 4.90 Å². The van der Waals surface area contributed by atoms with Gasteiger partial charge in [-0.15, -0.1) is 0 Å². The number of hydrogen-bond donors (Lipinski definition) is 0. The van der Waals surface area contributed by atoms with Gasteiger partial charge in [-0.3, -0.25) is 14.9 Å². The van der Waals surface area contributed by atoms with E-state index in [0.29, 0.717) is 17.2 Å². The van der Waals surface area contributed by atoms with Crippen LogP contribution in [0.5, 0.6) is 0 Å². The number of piperidine rings is 1. The molecule has 3 rings (SSSR count). The Labute approximate surface area is 148 Å². The summed E-state index contributed by atoms with van der Waals surface area (Å²) in [5.41, 5.74) is 1.13. The van der Waals surface area contributed by atoms with Crippen LogP contribution in [0.4, 0.5) is 11.4 Å². The average Bonchev–Trinajstić information content (AvgIpc) is 2.90. The van der Waals surface area contributed by atoms with Gasteiger partial charge in [0, 0.05) is 37.8 Å². The molecule has 0 N–H and O–H groups in total. The van der Waals surface area contributed by atoms with Crippen LogP contribution in [0.15, 0.2) is 18.2 Å². The second kappa shape index (κ2) is 7.85. The van der Waals surface area contributed by atoms with Gasteiger partial charge in [0.1, 0.15) is 5.69 Å². The molecule has 0 spiro atoms. The molecule has 1 aromatic carbocycles. The maximum Gasteiger partial charge on any atom is 0.293 e. The summed E-state index contributed by atoms with van der Waals surface area (Å²) in [6.07, 6.45) is 6.42. The topological polar surface area (TPSA) is 66.7 Å². The third-order valence-corrected chi connectivity index (χ3v) is 5.44. The lowest BCUT2D eigenvalue weighted by molar-refractivity contribution is -0.384. The van der Waals surface area contributed by atoms with E-state index >= 15 is 0 Å². The molecular formula is C19H27N3O3. The van der Waals surface area contributed by atoms with Crippen molar-refractivity contribution in [1.29, 1.82) is 0 Å². The first-order valence-electron chi connectivity index (χ1n) is 9.39. The Morgan fingerprint density at radius 1 is 1.08 bits per heavy atom. The van der Waals surface area contributed by atoms with Gasteiger partial charge in [-0.25, -0.2) is 0 Å². The van der Waals surface area contributed by atoms with Crippen LogP contribution in [0.2, 0.25) is 0 Å².